The maximum Gasteiger partial charge on any atom is 0.222 e. The summed E-state index contributed by atoms with van der Waals surface area (Å²) in [5.41, 5.74) is 0.916. The van der Waals surface area contributed by atoms with Gasteiger partial charge < -0.3 is 0 Å². The first-order valence-electron chi connectivity index (χ1n) is 3.20. The van der Waals surface area contributed by atoms with Crippen LogP contribution in [0.15, 0.2) is 24.3 Å². The molecule has 0 aliphatic heterocycles. The van der Waals surface area contributed by atoms with Crippen LogP contribution in [0.3, 0.4) is 0 Å². The Morgan fingerprint density at radius 1 is 1.36 bits per heavy atom. The van der Waals surface area contributed by atoms with Gasteiger partial charge in [-0.1, -0.05) is 11.6 Å². The van der Waals surface area contributed by atoms with E-state index in [1.54, 1.807) is 25.4 Å². The van der Waals surface area contributed by atoms with Crippen molar-refractivity contribution in [1.29, 1.82) is 0 Å². The van der Waals surface area contributed by atoms with Crippen molar-refractivity contribution in [2.24, 2.45) is 0 Å². The highest BCUT2D eigenvalue weighted by molar-refractivity contribution is 6.30. The summed E-state index contributed by atoms with van der Waals surface area (Å²) in [6.07, 6.45) is 1.59. The first-order valence-corrected chi connectivity index (χ1v) is 3.58. The molecule has 0 radical (unpaired) electrons. The van der Waals surface area contributed by atoms with Gasteiger partial charge in [-0.2, -0.15) is 0 Å². The summed E-state index contributed by atoms with van der Waals surface area (Å²) in [6.45, 7) is 0. The number of hydrogen-bond donors (Lipinski definition) is 1. The Kier molecular flexibility index (Phi) is 2.49. The molecule has 0 saturated heterocycles. The topological polar surface area (TPSA) is 23.2 Å². The van der Waals surface area contributed by atoms with Gasteiger partial charge in [0.2, 0.25) is 6.21 Å². The fraction of sp³-hybridized carbons (Fsp3) is 0.125. The number of hydroxylamine groups is 1. The summed E-state index contributed by atoms with van der Waals surface area (Å²) in [4.78, 5) is 0. The maximum absolute atomic E-state index is 8.82. The molecular weight excluding hydrogens is 162 g/mol. The van der Waals surface area contributed by atoms with Gasteiger partial charge in [-0.25, -0.2) is 0 Å². The van der Waals surface area contributed by atoms with E-state index in [9.17, 15) is 0 Å². The van der Waals surface area contributed by atoms with Crippen LogP contribution >= 0.6 is 11.6 Å². The first-order chi connectivity index (χ1) is 5.18. The molecule has 1 rings (SSSR count). The minimum Gasteiger partial charge on any atom is -0.291 e. The highest BCUT2D eigenvalue weighted by Gasteiger charge is 1.93. The molecular formula is C8H9ClNO+. The van der Waals surface area contributed by atoms with Crippen molar-refractivity contribution in [3.05, 3.63) is 34.9 Å². The lowest BCUT2D eigenvalue weighted by atomic mass is 10.2. The van der Waals surface area contributed by atoms with Gasteiger partial charge >= 0.3 is 0 Å². The van der Waals surface area contributed by atoms with Crippen molar-refractivity contribution in [3.63, 3.8) is 0 Å². The average Bonchev–Trinajstić information content (AvgIpc) is 1.93. The normalized spacial score (nSPS) is 11.6. The lowest BCUT2D eigenvalue weighted by Gasteiger charge is -1.89. The number of benzene rings is 1. The summed E-state index contributed by atoms with van der Waals surface area (Å²) in [5.74, 6) is 0. The Morgan fingerprint density at radius 3 is 2.36 bits per heavy atom. The van der Waals surface area contributed by atoms with Crippen LogP contribution in [-0.4, -0.2) is 23.2 Å². The van der Waals surface area contributed by atoms with Gasteiger partial charge in [-0.15, -0.1) is 0 Å². The van der Waals surface area contributed by atoms with Gasteiger partial charge in [0.15, 0.2) is 7.05 Å². The van der Waals surface area contributed by atoms with E-state index in [-0.39, 0.29) is 0 Å². The van der Waals surface area contributed by atoms with Gasteiger partial charge in [0, 0.05) is 10.6 Å². The molecule has 3 heteroatoms. The fourth-order valence-electron chi connectivity index (χ4n) is 0.765. The van der Waals surface area contributed by atoms with Crippen molar-refractivity contribution in [3.8, 4) is 0 Å². The van der Waals surface area contributed by atoms with E-state index in [1.807, 2.05) is 12.1 Å². The third-order valence-corrected chi connectivity index (χ3v) is 1.46. The van der Waals surface area contributed by atoms with E-state index in [0.717, 1.165) is 10.3 Å². The molecule has 0 fully saturated rings. The minimum atomic E-state index is 0.697. The lowest BCUT2D eigenvalue weighted by molar-refractivity contribution is -0.750. The van der Waals surface area contributed by atoms with Gasteiger partial charge in [0.1, 0.15) is 0 Å². The Labute approximate surface area is 70.3 Å². The van der Waals surface area contributed by atoms with Crippen LogP contribution in [0, 0.1) is 0 Å². The molecule has 0 heterocycles. The van der Waals surface area contributed by atoms with Crippen LogP contribution in [0.1, 0.15) is 5.56 Å². The highest BCUT2D eigenvalue weighted by atomic mass is 35.5. The molecule has 58 valence electrons. The maximum atomic E-state index is 8.82. The Balaban J connectivity index is 2.91. The van der Waals surface area contributed by atoms with Crippen molar-refractivity contribution in [2.45, 2.75) is 0 Å². The Morgan fingerprint density at radius 2 is 1.91 bits per heavy atom. The number of halogens is 1. The van der Waals surface area contributed by atoms with E-state index >= 15 is 0 Å². The Hall–Kier alpha value is -1.02. The zero-order valence-corrected chi connectivity index (χ0v) is 6.92. The molecule has 0 unspecified atom stereocenters. The van der Waals surface area contributed by atoms with Gasteiger partial charge in [-0.05, 0) is 29.0 Å². The van der Waals surface area contributed by atoms with E-state index in [0.29, 0.717) is 5.02 Å². The SMILES string of the molecule is C/[N+](O)=C/c1ccc(Cl)cc1. The predicted molar refractivity (Wildman–Crippen MR) is 44.6 cm³/mol. The predicted octanol–water partition coefficient (Wildman–Crippen LogP) is 1.79. The quantitative estimate of drug-likeness (QED) is 0.295. The first kappa shape index (κ1) is 8.08. The summed E-state index contributed by atoms with van der Waals surface area (Å²) >= 11 is 5.66. The van der Waals surface area contributed by atoms with E-state index < -0.39 is 0 Å². The van der Waals surface area contributed by atoms with Gasteiger partial charge in [-0.3, -0.25) is 5.21 Å². The largest absolute Gasteiger partial charge is 0.291 e. The lowest BCUT2D eigenvalue weighted by Crippen LogP contribution is -2.00. The Bertz CT molecular complexity index is 262. The van der Waals surface area contributed by atoms with Crippen LogP contribution < -0.4 is 0 Å². The smallest absolute Gasteiger partial charge is 0.222 e. The second-order valence-electron chi connectivity index (χ2n) is 2.25. The third-order valence-electron chi connectivity index (χ3n) is 1.21. The van der Waals surface area contributed by atoms with Crippen LogP contribution in [0.25, 0.3) is 0 Å². The van der Waals surface area contributed by atoms with Gasteiger partial charge in [0.05, 0.1) is 0 Å². The molecule has 0 spiro atoms. The number of hydrogen-bond acceptors (Lipinski definition) is 1. The van der Waals surface area contributed by atoms with E-state index in [4.69, 9.17) is 16.8 Å². The molecule has 11 heavy (non-hydrogen) atoms. The second kappa shape index (κ2) is 3.39. The standard InChI is InChI=1S/C8H9ClNO/c1-10(11)6-7-2-4-8(9)5-3-7/h2-6,11H,1H3/q+1/b10-6-. The molecule has 1 N–H and O–H groups in total. The summed E-state index contributed by atoms with van der Waals surface area (Å²) in [5, 5.41) is 9.52. The van der Waals surface area contributed by atoms with Crippen LogP contribution in [0.2, 0.25) is 5.02 Å². The van der Waals surface area contributed by atoms with Crippen molar-refractivity contribution in [1.82, 2.24) is 0 Å². The molecule has 0 amide bonds. The monoisotopic (exact) mass is 170 g/mol. The van der Waals surface area contributed by atoms with Gasteiger partial charge in [0.25, 0.3) is 0 Å². The molecule has 0 bridgehead atoms. The average molecular weight is 171 g/mol. The molecule has 0 aliphatic carbocycles. The molecule has 2 nitrogen and oxygen atoms in total. The van der Waals surface area contributed by atoms with Crippen LogP contribution in [0.4, 0.5) is 0 Å². The van der Waals surface area contributed by atoms with E-state index in [1.165, 1.54) is 0 Å². The zero-order valence-electron chi connectivity index (χ0n) is 6.16. The third kappa shape index (κ3) is 2.60. The number of nitrogens with zero attached hydrogens (tertiary/aromatic N) is 1. The summed E-state index contributed by atoms with van der Waals surface area (Å²) in [7, 11) is 1.55. The molecule has 0 saturated carbocycles. The highest BCUT2D eigenvalue weighted by Crippen LogP contribution is 2.07. The van der Waals surface area contributed by atoms with Crippen molar-refractivity contribution in [2.75, 3.05) is 7.05 Å². The fourth-order valence-corrected chi connectivity index (χ4v) is 0.891. The minimum absolute atomic E-state index is 0.697. The molecule has 0 aliphatic rings. The molecule has 0 aromatic heterocycles. The molecule has 0 atom stereocenters. The zero-order chi connectivity index (χ0) is 8.27. The van der Waals surface area contributed by atoms with Crippen LogP contribution in [-0.2, 0) is 0 Å². The summed E-state index contributed by atoms with van der Waals surface area (Å²) < 4.78 is 1.00. The van der Waals surface area contributed by atoms with Crippen molar-refractivity contribution >= 4 is 17.8 Å². The van der Waals surface area contributed by atoms with E-state index in [2.05, 4.69) is 0 Å². The molecule has 1 aromatic carbocycles. The second-order valence-corrected chi connectivity index (χ2v) is 2.69. The van der Waals surface area contributed by atoms with Crippen LogP contribution in [0.5, 0.6) is 0 Å². The summed E-state index contributed by atoms with van der Waals surface area (Å²) in [6, 6.07) is 7.21. The number of rotatable bonds is 1. The molecule has 1 aromatic rings. The van der Waals surface area contributed by atoms with Crippen molar-refractivity contribution < 1.29 is 9.95 Å².